The van der Waals surface area contributed by atoms with E-state index in [9.17, 15) is 0 Å². The van der Waals surface area contributed by atoms with Crippen LogP contribution >= 0.6 is 11.8 Å². The lowest BCUT2D eigenvalue weighted by Crippen LogP contribution is -2.13. The fraction of sp³-hybridized carbons (Fsp3) is 0.308. The van der Waals surface area contributed by atoms with Crippen LogP contribution in [-0.4, -0.2) is 0 Å². The van der Waals surface area contributed by atoms with Crippen LogP contribution in [0.2, 0.25) is 0 Å². The minimum atomic E-state index is -0.206. The van der Waals surface area contributed by atoms with Gasteiger partial charge in [-0.05, 0) is 141 Å². The van der Waals surface area contributed by atoms with Gasteiger partial charge in [-0.15, -0.1) is 0 Å². The monoisotopic (exact) mass is 780 g/mol. The summed E-state index contributed by atoms with van der Waals surface area (Å²) >= 11 is 1.84. The molecular formula is C52H60S3+2. The second-order valence-electron chi connectivity index (χ2n) is 18.8. The van der Waals surface area contributed by atoms with E-state index in [1.807, 2.05) is 11.8 Å². The third-order valence-electron chi connectivity index (χ3n) is 10.2. The smallest absolute Gasteiger partial charge is 0.0901 e. The van der Waals surface area contributed by atoms with Crippen molar-refractivity contribution in [2.75, 3.05) is 0 Å². The second-order valence-corrected chi connectivity index (χ2v) is 24.0. The number of hydrogen-bond acceptors (Lipinski definition) is 1. The highest BCUT2D eigenvalue weighted by molar-refractivity contribution is 7.99. The van der Waals surface area contributed by atoms with Gasteiger partial charge in [0.25, 0.3) is 0 Å². The maximum atomic E-state index is 2.34. The highest BCUT2D eigenvalue weighted by Crippen LogP contribution is 2.39. The summed E-state index contributed by atoms with van der Waals surface area (Å²) in [7, 11) is -0.412. The van der Waals surface area contributed by atoms with Gasteiger partial charge in [0.2, 0.25) is 0 Å². The molecule has 0 bridgehead atoms. The zero-order valence-corrected chi connectivity index (χ0v) is 37.5. The summed E-state index contributed by atoms with van der Waals surface area (Å²) < 4.78 is 0. The summed E-state index contributed by atoms with van der Waals surface area (Å²) in [5.41, 5.74) is 5.96. The van der Waals surface area contributed by atoms with Crippen molar-refractivity contribution in [1.82, 2.24) is 0 Å². The molecule has 0 aromatic heterocycles. The van der Waals surface area contributed by atoms with Crippen LogP contribution in [0, 0.1) is 0 Å². The molecule has 0 nitrogen and oxygen atoms in total. The Bertz CT molecular complexity index is 1870. The van der Waals surface area contributed by atoms with E-state index in [0.29, 0.717) is 0 Å². The standard InChI is InChI=1S/C52H60S3/c1-49(2,3)37-13-25-43(26-14-37)54(44-27-15-38(16-28-44)50(4,5)6)47-33-21-41(22-34-47)53-42-23-35-48(36-24-42)55(45-29-17-39(18-30-45)51(7,8)9)46-31-19-40(20-32-46)52(10,11)12/h13-36H,1-12H3/q+2. The second kappa shape index (κ2) is 16.1. The average Bonchev–Trinajstić information content (AvgIpc) is 3.13. The summed E-state index contributed by atoms with van der Waals surface area (Å²) in [5, 5.41) is 0. The normalized spacial score (nSPS) is 12.8. The Labute approximate surface area is 343 Å². The van der Waals surface area contributed by atoms with Crippen molar-refractivity contribution in [3.8, 4) is 0 Å². The van der Waals surface area contributed by atoms with Crippen molar-refractivity contribution >= 4 is 33.6 Å². The van der Waals surface area contributed by atoms with Gasteiger partial charge in [0.05, 0.1) is 21.8 Å². The van der Waals surface area contributed by atoms with E-state index in [-0.39, 0.29) is 43.4 Å². The Hall–Kier alpha value is -3.63. The zero-order chi connectivity index (χ0) is 39.8. The first kappa shape index (κ1) is 41.0. The van der Waals surface area contributed by atoms with Gasteiger partial charge in [0, 0.05) is 9.79 Å². The van der Waals surface area contributed by atoms with Gasteiger partial charge in [-0.25, -0.2) is 0 Å². The van der Waals surface area contributed by atoms with Gasteiger partial charge in [0.15, 0.2) is 29.4 Å². The Kier molecular flexibility index (Phi) is 12.0. The molecule has 0 radical (unpaired) electrons. The zero-order valence-electron chi connectivity index (χ0n) is 35.1. The average molecular weight is 781 g/mol. The van der Waals surface area contributed by atoms with Crippen molar-refractivity contribution in [3.05, 3.63) is 168 Å². The van der Waals surface area contributed by atoms with Crippen LogP contribution in [0.3, 0.4) is 0 Å². The predicted molar refractivity (Wildman–Crippen MR) is 242 cm³/mol. The van der Waals surface area contributed by atoms with Gasteiger partial charge >= 0.3 is 0 Å². The van der Waals surface area contributed by atoms with E-state index in [1.54, 1.807) is 0 Å². The summed E-state index contributed by atoms with van der Waals surface area (Å²) in [6, 6.07) is 55.9. The number of benzene rings is 6. The van der Waals surface area contributed by atoms with Gasteiger partial charge in [0.1, 0.15) is 0 Å². The maximum absolute atomic E-state index is 2.34. The summed E-state index contributed by atoms with van der Waals surface area (Å²) in [4.78, 5) is 10.6. The minimum Gasteiger partial charge on any atom is -0.0901 e. The molecule has 0 unspecified atom stereocenters. The van der Waals surface area contributed by atoms with E-state index in [0.717, 1.165) is 0 Å². The fourth-order valence-electron chi connectivity index (χ4n) is 6.60. The Morgan fingerprint density at radius 1 is 0.255 bits per heavy atom. The van der Waals surface area contributed by atoms with Crippen LogP contribution in [0.25, 0.3) is 0 Å². The maximum Gasteiger partial charge on any atom is 0.166 e. The first-order chi connectivity index (χ1) is 25.8. The molecule has 0 aliphatic heterocycles. The van der Waals surface area contributed by atoms with E-state index in [2.05, 4.69) is 229 Å². The molecule has 0 N–H and O–H groups in total. The number of rotatable bonds is 8. The first-order valence-electron chi connectivity index (χ1n) is 19.6. The molecule has 55 heavy (non-hydrogen) atoms. The van der Waals surface area contributed by atoms with Gasteiger partial charge in [-0.1, -0.05) is 143 Å². The van der Waals surface area contributed by atoms with E-state index < -0.39 is 0 Å². The topological polar surface area (TPSA) is 0 Å². The first-order valence-corrected chi connectivity index (χ1v) is 22.8. The van der Waals surface area contributed by atoms with Gasteiger partial charge in [-0.2, -0.15) is 0 Å². The van der Waals surface area contributed by atoms with Gasteiger partial charge in [-0.3, -0.25) is 0 Å². The van der Waals surface area contributed by atoms with E-state index >= 15 is 0 Å². The SMILES string of the molecule is CC(C)(C)c1ccc([S+](c2ccc(Sc3ccc([S+](c4ccc(C(C)(C)C)cc4)c4ccc(C(C)(C)C)cc4)cc3)cc2)c2ccc(C(C)(C)C)cc2)cc1. The van der Waals surface area contributed by atoms with Gasteiger partial charge < -0.3 is 0 Å². The predicted octanol–water partition coefficient (Wildman–Crippen LogP) is 15.2. The molecule has 0 aliphatic carbocycles. The number of hydrogen-bond donors (Lipinski definition) is 0. The molecule has 0 saturated carbocycles. The fourth-order valence-corrected chi connectivity index (χ4v) is 11.5. The molecule has 0 aliphatic rings. The molecule has 0 amide bonds. The van der Waals surface area contributed by atoms with Crippen molar-refractivity contribution in [1.29, 1.82) is 0 Å². The molecule has 6 aromatic rings. The van der Waals surface area contributed by atoms with Crippen LogP contribution in [-0.2, 0) is 43.4 Å². The molecule has 284 valence electrons. The third-order valence-corrected chi connectivity index (χ3v) is 15.7. The molecule has 0 saturated heterocycles. The molecule has 3 heteroatoms. The lowest BCUT2D eigenvalue weighted by atomic mass is 9.87. The van der Waals surface area contributed by atoms with E-state index in [1.165, 1.54) is 61.4 Å². The van der Waals surface area contributed by atoms with Crippen LogP contribution in [0.15, 0.2) is 185 Å². The minimum absolute atomic E-state index is 0.124. The van der Waals surface area contributed by atoms with Crippen LogP contribution in [0.1, 0.15) is 105 Å². The Balaban J connectivity index is 1.27. The van der Waals surface area contributed by atoms with Crippen molar-refractivity contribution in [2.24, 2.45) is 0 Å². The van der Waals surface area contributed by atoms with E-state index in [4.69, 9.17) is 0 Å². The van der Waals surface area contributed by atoms with Crippen LogP contribution in [0.5, 0.6) is 0 Å². The molecule has 0 atom stereocenters. The summed E-state index contributed by atoms with van der Waals surface area (Å²) in [6.45, 7) is 27.4. The molecular weight excluding hydrogens is 721 g/mol. The van der Waals surface area contributed by atoms with Crippen molar-refractivity contribution in [2.45, 2.75) is 144 Å². The summed E-state index contributed by atoms with van der Waals surface area (Å²) in [6.07, 6.45) is 0. The lowest BCUT2D eigenvalue weighted by Gasteiger charge is -2.20. The Morgan fingerprint density at radius 3 is 0.582 bits per heavy atom. The third kappa shape index (κ3) is 10.0. The summed E-state index contributed by atoms with van der Waals surface area (Å²) in [5.74, 6) is 0. The van der Waals surface area contributed by atoms with Crippen LogP contribution in [0.4, 0.5) is 0 Å². The molecule has 0 heterocycles. The lowest BCUT2D eigenvalue weighted by molar-refractivity contribution is 0.589. The molecule has 0 spiro atoms. The molecule has 6 rings (SSSR count). The largest absolute Gasteiger partial charge is 0.166 e. The quantitative estimate of drug-likeness (QED) is 0.139. The molecule has 6 aromatic carbocycles. The van der Waals surface area contributed by atoms with Crippen LogP contribution < -0.4 is 0 Å². The van der Waals surface area contributed by atoms with Crippen molar-refractivity contribution in [3.63, 3.8) is 0 Å². The Morgan fingerprint density at radius 2 is 0.418 bits per heavy atom. The highest BCUT2D eigenvalue weighted by Gasteiger charge is 2.32. The highest BCUT2D eigenvalue weighted by atomic mass is 32.2. The van der Waals surface area contributed by atoms with Crippen molar-refractivity contribution < 1.29 is 0 Å². The molecule has 0 fully saturated rings.